The Balaban J connectivity index is 1.53. The highest BCUT2D eigenvalue weighted by Gasteiger charge is 2.27. The van der Waals surface area contributed by atoms with Crippen LogP contribution in [0, 0.1) is 5.82 Å². The average molecular weight is 363 g/mol. The Bertz CT molecular complexity index is 852. The van der Waals surface area contributed by atoms with Gasteiger partial charge in [-0.1, -0.05) is 12.1 Å². The maximum atomic E-state index is 12.8. The topological polar surface area (TPSA) is 88.2 Å². The molecule has 8 heteroatoms. The first-order chi connectivity index (χ1) is 11.9. The minimum Gasteiger partial charge on any atom is -0.380 e. The molecule has 0 saturated carbocycles. The van der Waals surface area contributed by atoms with E-state index in [0.29, 0.717) is 23.5 Å². The molecule has 0 aliphatic carbocycles. The summed E-state index contributed by atoms with van der Waals surface area (Å²) in [7, 11) is -2.94. The highest BCUT2D eigenvalue weighted by atomic mass is 32.2. The van der Waals surface area contributed by atoms with Crippen LogP contribution in [-0.2, 0) is 21.1 Å². The second kappa shape index (κ2) is 7.18. The van der Waals surface area contributed by atoms with Crippen LogP contribution in [0.15, 0.2) is 42.6 Å². The van der Waals surface area contributed by atoms with Gasteiger partial charge in [-0.3, -0.25) is 4.79 Å². The number of sulfone groups is 1. The summed E-state index contributed by atoms with van der Waals surface area (Å²) < 4.78 is 35.7. The fourth-order valence-corrected chi connectivity index (χ4v) is 4.35. The Morgan fingerprint density at radius 2 is 1.96 bits per heavy atom. The predicted molar refractivity (Wildman–Crippen MR) is 93.7 cm³/mol. The summed E-state index contributed by atoms with van der Waals surface area (Å²) in [6.45, 7) is 0. The largest absolute Gasteiger partial charge is 0.380 e. The zero-order valence-electron chi connectivity index (χ0n) is 13.4. The van der Waals surface area contributed by atoms with E-state index in [1.807, 2.05) is 0 Å². The van der Waals surface area contributed by atoms with Gasteiger partial charge in [0.15, 0.2) is 9.84 Å². The van der Waals surface area contributed by atoms with Crippen LogP contribution in [0.25, 0.3) is 0 Å². The zero-order chi connectivity index (χ0) is 17.9. The molecule has 2 aromatic rings. The monoisotopic (exact) mass is 363 g/mol. The van der Waals surface area contributed by atoms with Crippen molar-refractivity contribution in [3.05, 3.63) is 54.0 Å². The Morgan fingerprint density at radius 3 is 2.56 bits per heavy atom. The van der Waals surface area contributed by atoms with Crippen LogP contribution in [0.1, 0.15) is 12.0 Å². The van der Waals surface area contributed by atoms with E-state index in [2.05, 4.69) is 15.6 Å². The molecule has 0 spiro atoms. The van der Waals surface area contributed by atoms with Crippen LogP contribution in [0.4, 0.5) is 15.9 Å². The molecule has 1 aromatic carbocycles. The molecule has 1 fully saturated rings. The van der Waals surface area contributed by atoms with Crippen LogP contribution in [0.3, 0.4) is 0 Å². The van der Waals surface area contributed by atoms with Gasteiger partial charge in [0.05, 0.1) is 29.8 Å². The van der Waals surface area contributed by atoms with Crippen LogP contribution in [-0.4, -0.2) is 36.9 Å². The van der Waals surface area contributed by atoms with Gasteiger partial charge in [0.2, 0.25) is 5.91 Å². The third-order valence-corrected chi connectivity index (χ3v) is 5.68. The minimum absolute atomic E-state index is 0.106. The van der Waals surface area contributed by atoms with E-state index in [-0.39, 0.29) is 35.7 Å². The van der Waals surface area contributed by atoms with E-state index in [1.165, 1.54) is 12.1 Å². The van der Waals surface area contributed by atoms with Crippen molar-refractivity contribution < 1.29 is 17.6 Å². The molecule has 3 rings (SSSR count). The third kappa shape index (κ3) is 4.99. The number of aromatic nitrogens is 1. The van der Waals surface area contributed by atoms with Gasteiger partial charge < -0.3 is 10.6 Å². The summed E-state index contributed by atoms with van der Waals surface area (Å²) in [5, 5.41) is 5.80. The van der Waals surface area contributed by atoms with E-state index in [1.54, 1.807) is 30.5 Å². The predicted octanol–water partition coefficient (Wildman–Crippen LogP) is 2.00. The lowest BCUT2D eigenvalue weighted by molar-refractivity contribution is -0.115. The van der Waals surface area contributed by atoms with Crippen molar-refractivity contribution in [2.24, 2.45) is 0 Å². The van der Waals surface area contributed by atoms with E-state index < -0.39 is 9.84 Å². The number of anilines is 2. The van der Waals surface area contributed by atoms with Crippen molar-refractivity contribution >= 4 is 27.2 Å². The van der Waals surface area contributed by atoms with Crippen molar-refractivity contribution in [1.29, 1.82) is 0 Å². The number of nitrogens with zero attached hydrogens (tertiary/aromatic N) is 1. The molecule has 0 radical (unpaired) electrons. The number of hydrogen-bond donors (Lipinski definition) is 2. The number of halogens is 1. The highest BCUT2D eigenvalue weighted by molar-refractivity contribution is 7.91. The van der Waals surface area contributed by atoms with Crippen molar-refractivity contribution in [3.8, 4) is 0 Å². The van der Waals surface area contributed by atoms with Gasteiger partial charge in [-0.15, -0.1) is 0 Å². The standard InChI is InChI=1S/C17H18FN3O3S/c18-13-3-1-12(2-4-13)9-17(22)21-16-6-5-14(10-19-16)20-15-7-8-25(23,24)11-15/h1-6,10,15,20H,7-9,11H2,(H,19,21,22). The maximum absolute atomic E-state index is 12.8. The van der Waals surface area contributed by atoms with Gasteiger partial charge in [-0.2, -0.15) is 0 Å². The summed E-state index contributed by atoms with van der Waals surface area (Å²) in [6, 6.07) is 9.02. The molecule has 1 atom stereocenters. The minimum atomic E-state index is -2.94. The maximum Gasteiger partial charge on any atom is 0.229 e. The Hall–Kier alpha value is -2.48. The third-order valence-electron chi connectivity index (χ3n) is 3.91. The quantitative estimate of drug-likeness (QED) is 0.848. The average Bonchev–Trinajstić information content (AvgIpc) is 2.90. The summed E-state index contributed by atoms with van der Waals surface area (Å²) >= 11 is 0. The van der Waals surface area contributed by atoms with E-state index in [9.17, 15) is 17.6 Å². The van der Waals surface area contributed by atoms with Crippen molar-refractivity contribution in [2.45, 2.75) is 18.9 Å². The number of rotatable bonds is 5. The summed E-state index contributed by atoms with van der Waals surface area (Å²) in [5.74, 6) is 0.140. The molecule has 0 bridgehead atoms. The fourth-order valence-electron chi connectivity index (χ4n) is 2.67. The second-order valence-electron chi connectivity index (χ2n) is 6.03. The summed E-state index contributed by atoms with van der Waals surface area (Å²) in [5.41, 5.74) is 1.42. The lowest BCUT2D eigenvalue weighted by Gasteiger charge is -2.12. The van der Waals surface area contributed by atoms with Crippen molar-refractivity contribution in [2.75, 3.05) is 22.1 Å². The molecular weight excluding hydrogens is 345 g/mol. The van der Waals surface area contributed by atoms with Gasteiger partial charge in [0.25, 0.3) is 0 Å². The van der Waals surface area contributed by atoms with Gasteiger partial charge in [0.1, 0.15) is 11.6 Å². The lowest BCUT2D eigenvalue weighted by atomic mass is 10.1. The molecule has 132 valence electrons. The first-order valence-electron chi connectivity index (χ1n) is 7.87. The Morgan fingerprint density at radius 1 is 1.20 bits per heavy atom. The van der Waals surface area contributed by atoms with Crippen LogP contribution in [0.2, 0.25) is 0 Å². The molecule has 1 saturated heterocycles. The fraction of sp³-hybridized carbons (Fsp3) is 0.294. The second-order valence-corrected chi connectivity index (χ2v) is 8.26. The van der Waals surface area contributed by atoms with Crippen LogP contribution >= 0.6 is 0 Å². The Labute approximate surface area is 145 Å². The number of hydrogen-bond acceptors (Lipinski definition) is 5. The van der Waals surface area contributed by atoms with Gasteiger partial charge in [-0.05, 0) is 36.2 Å². The van der Waals surface area contributed by atoms with Crippen LogP contribution < -0.4 is 10.6 Å². The highest BCUT2D eigenvalue weighted by Crippen LogP contribution is 2.18. The molecule has 6 nitrogen and oxygen atoms in total. The number of pyridine rings is 1. The Kier molecular flexibility index (Phi) is 4.98. The number of carbonyl (C=O) groups excluding carboxylic acids is 1. The molecule has 1 aliphatic heterocycles. The summed E-state index contributed by atoms with van der Waals surface area (Å²) in [6.07, 6.45) is 2.26. The molecule has 1 unspecified atom stereocenters. The first kappa shape index (κ1) is 17.3. The SMILES string of the molecule is O=C(Cc1ccc(F)cc1)Nc1ccc(NC2CCS(=O)(=O)C2)cn1. The molecule has 2 heterocycles. The van der Waals surface area contributed by atoms with Gasteiger partial charge >= 0.3 is 0 Å². The summed E-state index contributed by atoms with van der Waals surface area (Å²) in [4.78, 5) is 16.1. The van der Waals surface area contributed by atoms with E-state index in [0.717, 1.165) is 0 Å². The molecule has 1 aliphatic rings. The lowest BCUT2D eigenvalue weighted by Crippen LogP contribution is -2.20. The normalized spacial score (nSPS) is 18.7. The molecule has 2 N–H and O–H groups in total. The van der Waals surface area contributed by atoms with Gasteiger partial charge in [-0.25, -0.2) is 17.8 Å². The first-order valence-corrected chi connectivity index (χ1v) is 9.69. The van der Waals surface area contributed by atoms with Crippen molar-refractivity contribution in [1.82, 2.24) is 4.98 Å². The zero-order valence-corrected chi connectivity index (χ0v) is 14.2. The molecule has 25 heavy (non-hydrogen) atoms. The van der Waals surface area contributed by atoms with Gasteiger partial charge in [0, 0.05) is 6.04 Å². The number of nitrogens with one attached hydrogen (secondary N) is 2. The number of benzene rings is 1. The van der Waals surface area contributed by atoms with E-state index >= 15 is 0 Å². The van der Waals surface area contributed by atoms with E-state index in [4.69, 9.17) is 0 Å². The number of amides is 1. The van der Waals surface area contributed by atoms with Crippen molar-refractivity contribution in [3.63, 3.8) is 0 Å². The van der Waals surface area contributed by atoms with Crippen LogP contribution in [0.5, 0.6) is 0 Å². The molecule has 1 amide bonds. The smallest absolute Gasteiger partial charge is 0.229 e. The molecule has 1 aromatic heterocycles. The number of carbonyl (C=O) groups is 1. The molecular formula is C17H18FN3O3S.